The highest BCUT2D eigenvalue weighted by atomic mass is 32.1. The highest BCUT2D eigenvalue weighted by molar-refractivity contribution is 7.78. The summed E-state index contributed by atoms with van der Waals surface area (Å²) >= 11 is 3.89. The molecule has 1 aromatic heterocycles. The molecule has 3 rings (SSSR count). The molecule has 18 heavy (non-hydrogen) atoms. The second-order valence-corrected chi connectivity index (χ2v) is 4.95. The van der Waals surface area contributed by atoms with Gasteiger partial charge in [-0.25, -0.2) is 4.09 Å². The largest absolute Gasteiger partial charge is 0.343 e. The molecule has 4 nitrogen and oxygen atoms in total. The number of fused-ring (bicyclic) bond motifs is 3. The summed E-state index contributed by atoms with van der Waals surface area (Å²) in [6.07, 6.45) is 0. The summed E-state index contributed by atoms with van der Waals surface area (Å²) in [7, 11) is 3.09. The third-order valence-electron chi connectivity index (χ3n) is 3.26. The number of hydrogen-bond acceptors (Lipinski definition) is 3. The number of alkyl halides is 2. The predicted molar refractivity (Wildman–Crippen MR) is 62.5 cm³/mol. The molecule has 1 heterocycles. The fraction of sp³-hybridized carbons (Fsp3) is 0.455. The molecule has 1 aromatic rings. The molecular formula is C11H9F2N3OS. The van der Waals surface area contributed by atoms with E-state index >= 15 is 0 Å². The molecule has 0 fully saturated rings. The zero-order valence-corrected chi connectivity index (χ0v) is 10.5. The first-order chi connectivity index (χ1) is 8.35. The summed E-state index contributed by atoms with van der Waals surface area (Å²) in [5.74, 6) is -0.0190. The van der Waals surface area contributed by atoms with Crippen LogP contribution in [-0.2, 0) is 5.92 Å². The van der Waals surface area contributed by atoms with Gasteiger partial charge in [0.2, 0.25) is 0 Å². The average Bonchev–Trinajstić information content (AvgIpc) is 2.59. The summed E-state index contributed by atoms with van der Waals surface area (Å²) in [6, 6.07) is 0. The summed E-state index contributed by atoms with van der Waals surface area (Å²) in [5, 5.41) is 3.81. The van der Waals surface area contributed by atoms with Crippen molar-refractivity contribution in [3.05, 3.63) is 17.0 Å². The van der Waals surface area contributed by atoms with Crippen molar-refractivity contribution < 1.29 is 13.6 Å². The van der Waals surface area contributed by atoms with E-state index in [9.17, 15) is 13.6 Å². The molecule has 0 unspecified atom stereocenters. The maximum absolute atomic E-state index is 14.0. The number of nitrogens with zero attached hydrogens (tertiary/aromatic N) is 3. The maximum atomic E-state index is 14.0. The minimum absolute atomic E-state index is 0.0196. The Labute approximate surface area is 107 Å². The molecule has 0 spiro atoms. The number of thiol groups is 1. The molecule has 0 bridgehead atoms. The van der Waals surface area contributed by atoms with Gasteiger partial charge in [-0.05, 0) is 12.8 Å². The molecule has 0 aliphatic heterocycles. The van der Waals surface area contributed by atoms with Crippen molar-refractivity contribution in [1.82, 2.24) is 14.1 Å². The lowest BCUT2D eigenvalue weighted by molar-refractivity contribution is -0.0420. The van der Waals surface area contributed by atoms with Crippen LogP contribution in [0.4, 0.5) is 8.78 Å². The molecular weight excluding hydrogens is 260 g/mol. The van der Waals surface area contributed by atoms with Crippen LogP contribution in [-0.4, -0.2) is 34.1 Å². The van der Waals surface area contributed by atoms with Crippen LogP contribution in [0.25, 0.3) is 0 Å². The topological polar surface area (TPSA) is 38.1 Å². The van der Waals surface area contributed by atoms with Crippen molar-refractivity contribution in [2.75, 3.05) is 14.1 Å². The van der Waals surface area contributed by atoms with E-state index in [-0.39, 0.29) is 17.0 Å². The lowest BCUT2D eigenvalue weighted by Crippen LogP contribution is -2.28. The van der Waals surface area contributed by atoms with Crippen molar-refractivity contribution in [1.29, 1.82) is 0 Å². The van der Waals surface area contributed by atoms with E-state index in [2.05, 4.69) is 29.8 Å². The second-order valence-electron chi connectivity index (χ2n) is 4.57. The van der Waals surface area contributed by atoms with Gasteiger partial charge in [-0.3, -0.25) is 4.79 Å². The summed E-state index contributed by atoms with van der Waals surface area (Å²) in [6.45, 7) is 0. The van der Waals surface area contributed by atoms with Gasteiger partial charge >= 0.3 is 5.92 Å². The zero-order valence-electron chi connectivity index (χ0n) is 9.61. The molecule has 0 aromatic carbocycles. The van der Waals surface area contributed by atoms with E-state index in [1.165, 1.54) is 4.90 Å². The smallest absolute Gasteiger partial charge is 0.305 e. The van der Waals surface area contributed by atoms with Crippen LogP contribution in [0.5, 0.6) is 0 Å². The number of aromatic nitrogens is 2. The Morgan fingerprint density at radius 2 is 2.17 bits per heavy atom. The number of rotatable bonds is 1. The van der Waals surface area contributed by atoms with Gasteiger partial charge in [0.15, 0.2) is 5.69 Å². The molecule has 1 amide bonds. The quantitative estimate of drug-likeness (QED) is 0.612. The van der Waals surface area contributed by atoms with Gasteiger partial charge in [0.25, 0.3) is 5.91 Å². The zero-order chi connectivity index (χ0) is 13.2. The predicted octanol–water partition coefficient (Wildman–Crippen LogP) is 1.10. The van der Waals surface area contributed by atoms with Crippen molar-refractivity contribution in [3.8, 4) is 11.8 Å². The highest BCUT2D eigenvalue weighted by Gasteiger charge is 2.60. The van der Waals surface area contributed by atoms with E-state index in [1.807, 2.05) is 0 Å². The summed E-state index contributed by atoms with van der Waals surface area (Å²) < 4.78 is 28.9. The van der Waals surface area contributed by atoms with Crippen LogP contribution < -0.4 is 0 Å². The minimum Gasteiger partial charge on any atom is -0.343 e. The molecule has 0 saturated carbocycles. The van der Waals surface area contributed by atoms with Crippen LogP contribution >= 0.6 is 12.8 Å². The van der Waals surface area contributed by atoms with Crippen molar-refractivity contribution in [2.24, 2.45) is 5.92 Å². The summed E-state index contributed by atoms with van der Waals surface area (Å²) in [5.41, 5.74) is -0.0628. The molecule has 94 valence electrons. The van der Waals surface area contributed by atoms with Crippen LogP contribution in [0.15, 0.2) is 0 Å². The fourth-order valence-corrected chi connectivity index (χ4v) is 2.66. The monoisotopic (exact) mass is 269 g/mol. The van der Waals surface area contributed by atoms with Crippen LogP contribution in [0.1, 0.15) is 27.7 Å². The lowest BCUT2D eigenvalue weighted by Gasteiger charge is -2.22. The van der Waals surface area contributed by atoms with Crippen LogP contribution in [0.2, 0.25) is 0 Å². The van der Waals surface area contributed by atoms with Gasteiger partial charge in [0.1, 0.15) is 11.6 Å². The molecule has 2 aliphatic carbocycles. The third-order valence-corrected chi connectivity index (χ3v) is 3.55. The SMILES string of the molecule is CN(C)C(=O)c1nn(S)c2c1[C@H]1C#C[C@H]1C2(F)F. The Bertz CT molecular complexity index is 626. The van der Waals surface area contributed by atoms with E-state index < -0.39 is 23.7 Å². The van der Waals surface area contributed by atoms with E-state index in [0.717, 1.165) is 4.09 Å². The van der Waals surface area contributed by atoms with Crippen LogP contribution in [0.3, 0.4) is 0 Å². The van der Waals surface area contributed by atoms with Crippen LogP contribution in [0, 0.1) is 17.8 Å². The van der Waals surface area contributed by atoms with Crippen molar-refractivity contribution in [3.63, 3.8) is 0 Å². The first-order valence-corrected chi connectivity index (χ1v) is 5.69. The Kier molecular flexibility index (Phi) is 2.09. The molecule has 0 N–H and O–H groups in total. The molecule has 2 aliphatic rings. The number of hydrogen-bond donors (Lipinski definition) is 1. The van der Waals surface area contributed by atoms with E-state index in [4.69, 9.17) is 0 Å². The second kappa shape index (κ2) is 3.26. The maximum Gasteiger partial charge on any atom is 0.305 e. The number of halogens is 2. The molecule has 2 atom stereocenters. The van der Waals surface area contributed by atoms with E-state index in [1.54, 1.807) is 14.1 Å². The van der Waals surface area contributed by atoms with Crippen molar-refractivity contribution >= 4 is 18.7 Å². The average molecular weight is 269 g/mol. The Balaban J connectivity index is 2.22. The van der Waals surface area contributed by atoms with Gasteiger partial charge in [-0.1, -0.05) is 11.8 Å². The molecule has 0 radical (unpaired) electrons. The molecule has 7 heteroatoms. The normalized spacial score (nSPS) is 25.6. The molecule has 0 saturated heterocycles. The standard InChI is InChI=1S/C11H9F2N3OS/c1-15(2)10(17)8-7-5-3-4-6(5)11(12,13)9(7)16(18)14-8/h5-6,18H,1-2H3/t5-,6+/m0/s1. The number of carbonyl (C=O) groups is 1. The highest BCUT2D eigenvalue weighted by Crippen LogP contribution is 2.56. The minimum atomic E-state index is -3.09. The number of carbonyl (C=O) groups excluding carboxylic acids is 1. The Morgan fingerprint density at radius 3 is 2.67 bits per heavy atom. The summed E-state index contributed by atoms with van der Waals surface area (Å²) in [4.78, 5) is 13.2. The number of amides is 1. The van der Waals surface area contributed by atoms with Gasteiger partial charge in [0, 0.05) is 19.7 Å². The van der Waals surface area contributed by atoms with Gasteiger partial charge in [-0.2, -0.15) is 13.9 Å². The van der Waals surface area contributed by atoms with Gasteiger partial charge < -0.3 is 4.90 Å². The van der Waals surface area contributed by atoms with Gasteiger partial charge in [0.05, 0.1) is 5.92 Å². The van der Waals surface area contributed by atoms with E-state index in [0.29, 0.717) is 0 Å². The third kappa shape index (κ3) is 1.16. The fourth-order valence-electron chi connectivity index (χ4n) is 2.33. The van der Waals surface area contributed by atoms with Crippen molar-refractivity contribution in [2.45, 2.75) is 11.8 Å². The first-order valence-electron chi connectivity index (χ1n) is 5.29. The van der Waals surface area contributed by atoms with Gasteiger partial charge in [-0.15, -0.1) is 0 Å². The Hall–Kier alpha value is -1.55. The first kappa shape index (κ1) is 11.5. The lowest BCUT2D eigenvalue weighted by atomic mass is 9.84. The Morgan fingerprint density at radius 1 is 1.50 bits per heavy atom.